The predicted molar refractivity (Wildman–Crippen MR) is 103 cm³/mol. The Labute approximate surface area is 168 Å². The molecule has 1 N–H and O–H groups in total. The molecule has 8 heteroatoms. The molecule has 0 spiro atoms. The van der Waals surface area contributed by atoms with Crippen LogP contribution in [-0.2, 0) is 0 Å². The fraction of sp³-hybridized carbons (Fsp3) is 0.619. The van der Waals surface area contributed by atoms with Gasteiger partial charge in [-0.3, -0.25) is 4.79 Å². The Morgan fingerprint density at radius 3 is 2.45 bits per heavy atom. The van der Waals surface area contributed by atoms with E-state index in [2.05, 4.69) is 5.10 Å². The molecule has 5 nitrogen and oxygen atoms in total. The van der Waals surface area contributed by atoms with Crippen molar-refractivity contribution in [3.8, 4) is 5.75 Å². The number of carbonyl (C=O) groups is 1. The molecular formula is C21H27F3N2O3. The topological polar surface area (TPSA) is 62.1 Å². The van der Waals surface area contributed by atoms with Gasteiger partial charge in [0.1, 0.15) is 5.75 Å². The lowest BCUT2D eigenvalue weighted by Gasteiger charge is -2.43. The van der Waals surface area contributed by atoms with Crippen LogP contribution < -0.4 is 4.74 Å². The number of ether oxygens (including phenoxy) is 1. The van der Waals surface area contributed by atoms with Gasteiger partial charge in [-0.25, -0.2) is 0 Å². The van der Waals surface area contributed by atoms with Crippen molar-refractivity contribution in [2.24, 2.45) is 22.4 Å². The first-order chi connectivity index (χ1) is 13.5. The molecule has 1 aromatic rings. The lowest BCUT2D eigenvalue weighted by Crippen LogP contribution is -2.62. The van der Waals surface area contributed by atoms with Gasteiger partial charge < -0.3 is 9.84 Å². The predicted octanol–water partition coefficient (Wildman–Crippen LogP) is 4.61. The van der Waals surface area contributed by atoms with Crippen LogP contribution >= 0.6 is 0 Å². The molecule has 2 aliphatic rings. The zero-order chi connectivity index (χ0) is 21.6. The molecule has 3 atom stereocenters. The van der Waals surface area contributed by atoms with Gasteiger partial charge >= 0.3 is 6.18 Å². The van der Waals surface area contributed by atoms with Gasteiger partial charge in [0.15, 0.2) is 0 Å². The number of hydrogen-bond acceptors (Lipinski definition) is 4. The third-order valence-electron chi connectivity index (χ3n) is 6.67. The number of hydrogen-bond donors (Lipinski definition) is 1. The highest BCUT2D eigenvalue weighted by atomic mass is 19.4. The first-order valence-corrected chi connectivity index (χ1v) is 9.80. The van der Waals surface area contributed by atoms with Crippen molar-refractivity contribution >= 4 is 11.6 Å². The molecule has 0 bridgehead atoms. The number of hydrazone groups is 1. The van der Waals surface area contributed by atoms with Crippen LogP contribution in [0.15, 0.2) is 29.4 Å². The number of carbonyl (C=O) groups excluding carboxylic acids is 1. The minimum Gasteiger partial charge on any atom is -0.497 e. The van der Waals surface area contributed by atoms with Crippen LogP contribution in [0.25, 0.3) is 0 Å². The summed E-state index contributed by atoms with van der Waals surface area (Å²) in [4.78, 5) is 12.9. The van der Waals surface area contributed by atoms with Gasteiger partial charge in [0.25, 0.3) is 11.6 Å². The Morgan fingerprint density at radius 1 is 1.31 bits per heavy atom. The quantitative estimate of drug-likeness (QED) is 0.786. The van der Waals surface area contributed by atoms with E-state index >= 15 is 0 Å². The van der Waals surface area contributed by atoms with E-state index in [0.29, 0.717) is 18.6 Å². The molecule has 1 heterocycles. The molecule has 1 aliphatic carbocycles. The molecule has 1 fully saturated rings. The Hall–Kier alpha value is -2.09. The Morgan fingerprint density at radius 2 is 1.93 bits per heavy atom. The van der Waals surface area contributed by atoms with Crippen molar-refractivity contribution in [1.82, 2.24) is 5.01 Å². The van der Waals surface area contributed by atoms with Crippen LogP contribution in [0, 0.1) is 17.3 Å². The maximum atomic E-state index is 14.1. The normalized spacial score (nSPS) is 27.4. The van der Waals surface area contributed by atoms with Crippen LogP contribution in [0.2, 0.25) is 0 Å². The van der Waals surface area contributed by atoms with E-state index in [9.17, 15) is 23.1 Å². The van der Waals surface area contributed by atoms with Gasteiger partial charge in [0, 0.05) is 11.3 Å². The molecule has 1 amide bonds. The average molecular weight is 412 g/mol. The maximum Gasteiger partial charge on any atom is 0.439 e. The summed E-state index contributed by atoms with van der Waals surface area (Å²) in [6, 6.07) is 5.69. The summed E-state index contributed by atoms with van der Waals surface area (Å²) >= 11 is 0. The van der Waals surface area contributed by atoms with Crippen LogP contribution in [0.1, 0.15) is 56.8 Å². The second kappa shape index (κ2) is 7.31. The van der Waals surface area contributed by atoms with E-state index in [1.54, 1.807) is 0 Å². The number of aliphatic hydroxyl groups is 1. The number of nitrogens with zero attached hydrogens (tertiary/aromatic N) is 2. The first-order valence-electron chi connectivity index (χ1n) is 9.80. The summed E-state index contributed by atoms with van der Waals surface area (Å²) in [6.07, 6.45) is -3.06. The molecule has 160 valence electrons. The lowest BCUT2D eigenvalue weighted by atomic mass is 9.64. The van der Waals surface area contributed by atoms with Gasteiger partial charge in [-0.2, -0.15) is 23.3 Å². The zero-order valence-electron chi connectivity index (χ0n) is 17.1. The van der Waals surface area contributed by atoms with Crippen LogP contribution in [0.3, 0.4) is 0 Å². The Bertz CT molecular complexity index is 804. The highest BCUT2D eigenvalue weighted by Crippen LogP contribution is 2.52. The second-order valence-corrected chi connectivity index (χ2v) is 8.53. The molecular weight excluding hydrogens is 385 g/mol. The van der Waals surface area contributed by atoms with Crippen molar-refractivity contribution in [2.45, 2.75) is 58.4 Å². The number of rotatable bonds is 4. The fourth-order valence-electron chi connectivity index (χ4n) is 4.28. The molecule has 29 heavy (non-hydrogen) atoms. The number of benzene rings is 1. The summed E-state index contributed by atoms with van der Waals surface area (Å²) in [6.45, 7) is 6.07. The molecule has 0 saturated heterocycles. The number of amides is 1. The first kappa shape index (κ1) is 21.6. The van der Waals surface area contributed by atoms with Crippen molar-refractivity contribution < 1.29 is 27.8 Å². The van der Waals surface area contributed by atoms with Crippen LogP contribution in [0.4, 0.5) is 13.2 Å². The largest absolute Gasteiger partial charge is 0.497 e. The zero-order valence-corrected chi connectivity index (χ0v) is 17.1. The monoisotopic (exact) mass is 412 g/mol. The van der Waals surface area contributed by atoms with Crippen molar-refractivity contribution in [2.75, 3.05) is 7.11 Å². The molecule has 1 saturated carbocycles. The minimum absolute atomic E-state index is 0.00126. The number of halogens is 3. The fourth-order valence-corrected chi connectivity index (χ4v) is 4.28. The molecule has 0 unspecified atom stereocenters. The number of methoxy groups -OCH3 is 1. The summed E-state index contributed by atoms with van der Waals surface area (Å²) < 4.78 is 47.4. The van der Waals surface area contributed by atoms with E-state index in [4.69, 9.17) is 4.74 Å². The van der Waals surface area contributed by atoms with E-state index < -0.39 is 23.7 Å². The molecule has 0 aromatic heterocycles. The van der Waals surface area contributed by atoms with Crippen molar-refractivity contribution in [3.05, 3.63) is 29.8 Å². The van der Waals surface area contributed by atoms with E-state index in [-0.39, 0.29) is 34.0 Å². The van der Waals surface area contributed by atoms with E-state index in [0.717, 1.165) is 6.42 Å². The third-order valence-corrected chi connectivity index (χ3v) is 6.67. The average Bonchev–Trinajstić information content (AvgIpc) is 3.01. The number of alkyl halides is 3. The smallest absolute Gasteiger partial charge is 0.439 e. The van der Waals surface area contributed by atoms with Gasteiger partial charge in [-0.1, -0.05) is 27.2 Å². The maximum absolute atomic E-state index is 14.1. The summed E-state index contributed by atoms with van der Waals surface area (Å²) in [5.41, 5.74) is -3.26. The second-order valence-electron chi connectivity index (χ2n) is 8.53. The molecule has 1 aromatic carbocycles. The van der Waals surface area contributed by atoms with Crippen molar-refractivity contribution in [1.29, 1.82) is 0 Å². The van der Waals surface area contributed by atoms with E-state index in [1.165, 1.54) is 31.4 Å². The highest BCUT2D eigenvalue weighted by Gasteiger charge is 2.69. The minimum atomic E-state index is -5.04. The lowest BCUT2D eigenvalue weighted by molar-refractivity contribution is -0.314. The van der Waals surface area contributed by atoms with Gasteiger partial charge in [-0.15, -0.1) is 0 Å². The van der Waals surface area contributed by atoms with Gasteiger partial charge in [0.05, 0.1) is 13.0 Å². The van der Waals surface area contributed by atoms with Crippen molar-refractivity contribution in [3.63, 3.8) is 0 Å². The molecule has 1 aliphatic heterocycles. The Kier molecular flexibility index (Phi) is 5.45. The summed E-state index contributed by atoms with van der Waals surface area (Å²) in [5, 5.41) is 15.1. The summed E-state index contributed by atoms with van der Waals surface area (Å²) in [5.74, 6) is -1.77. The number of fused-ring (bicyclic) bond motifs is 1. The van der Waals surface area contributed by atoms with Gasteiger partial charge in [-0.05, 0) is 54.9 Å². The SMILES string of the molecule is CCC(C)(C)[C@@H]1CCC2=NN(C(=O)c3ccc(OC)cc3)[C@](O)(C(F)(F)F)[C@H]2C1. The van der Waals surface area contributed by atoms with Crippen LogP contribution in [-0.4, -0.2) is 40.7 Å². The Balaban J connectivity index is 1.98. The third kappa shape index (κ3) is 3.52. The highest BCUT2D eigenvalue weighted by molar-refractivity contribution is 5.99. The standard InChI is InChI=1S/C21H27F3N2O3/c1-5-19(2,3)14-8-11-17-16(12-14)20(28,21(22,23)24)26(25-17)18(27)13-6-9-15(29-4)10-7-13/h6-7,9-10,14,16,28H,5,8,11-12H2,1-4H3/t14-,16+,20-/m1/s1. The van der Waals surface area contributed by atoms with E-state index in [1.807, 2.05) is 20.8 Å². The molecule has 3 rings (SSSR count). The molecule has 0 radical (unpaired) electrons. The van der Waals surface area contributed by atoms with Gasteiger partial charge in [0.2, 0.25) is 0 Å². The van der Waals surface area contributed by atoms with Crippen LogP contribution in [0.5, 0.6) is 5.75 Å². The summed E-state index contributed by atoms with van der Waals surface area (Å²) in [7, 11) is 1.45.